The molecular formula is C20H18ClN3O3S. The highest BCUT2D eigenvalue weighted by Gasteiger charge is 2.39. The molecule has 1 aromatic heterocycles. The Labute approximate surface area is 168 Å². The molecule has 0 spiro atoms. The molecule has 2 heterocycles. The summed E-state index contributed by atoms with van der Waals surface area (Å²) in [5.41, 5.74) is 0. The third-order valence-electron chi connectivity index (χ3n) is 4.81. The molecule has 0 radical (unpaired) electrons. The van der Waals surface area contributed by atoms with E-state index in [1.165, 1.54) is 10.5 Å². The number of hydrogen-bond donors (Lipinski definition) is 1. The van der Waals surface area contributed by atoms with Crippen LogP contribution in [0.25, 0.3) is 10.8 Å². The van der Waals surface area contributed by atoms with Gasteiger partial charge in [-0.3, -0.25) is 4.79 Å². The van der Waals surface area contributed by atoms with Crippen LogP contribution in [-0.4, -0.2) is 36.2 Å². The van der Waals surface area contributed by atoms with E-state index in [-0.39, 0.29) is 4.90 Å². The Balaban J connectivity index is 1.60. The first kappa shape index (κ1) is 18.9. The molecule has 6 nitrogen and oxygen atoms in total. The van der Waals surface area contributed by atoms with E-state index in [1.807, 2.05) is 24.3 Å². The van der Waals surface area contributed by atoms with Crippen molar-refractivity contribution in [2.45, 2.75) is 23.8 Å². The van der Waals surface area contributed by atoms with E-state index in [2.05, 4.69) is 10.3 Å². The Hall–Kier alpha value is -2.48. The Morgan fingerprint density at radius 1 is 1.11 bits per heavy atom. The van der Waals surface area contributed by atoms with Gasteiger partial charge in [0.25, 0.3) is 0 Å². The molecule has 0 saturated carbocycles. The van der Waals surface area contributed by atoms with Gasteiger partial charge in [-0.2, -0.15) is 4.31 Å². The van der Waals surface area contributed by atoms with Crippen LogP contribution in [0.1, 0.15) is 12.8 Å². The highest BCUT2D eigenvalue weighted by Crippen LogP contribution is 2.28. The summed E-state index contributed by atoms with van der Waals surface area (Å²) in [6.07, 6.45) is 2.51. The molecule has 1 aliphatic rings. The molecule has 4 rings (SSSR count). The van der Waals surface area contributed by atoms with Crippen molar-refractivity contribution < 1.29 is 13.2 Å². The summed E-state index contributed by atoms with van der Waals surface area (Å²) in [5, 5.41) is 4.94. The van der Waals surface area contributed by atoms with E-state index in [1.54, 1.807) is 30.3 Å². The molecule has 3 aromatic rings. The summed E-state index contributed by atoms with van der Waals surface area (Å²) in [7, 11) is -3.79. The largest absolute Gasteiger partial charge is 0.309 e. The Morgan fingerprint density at radius 3 is 2.64 bits per heavy atom. The van der Waals surface area contributed by atoms with Gasteiger partial charge in [0.2, 0.25) is 15.9 Å². The minimum absolute atomic E-state index is 0.190. The van der Waals surface area contributed by atoms with Crippen molar-refractivity contribution in [3.05, 3.63) is 65.8 Å². The second-order valence-corrected chi connectivity index (χ2v) is 8.96. The molecule has 0 aliphatic carbocycles. The average Bonchev–Trinajstić information content (AvgIpc) is 3.20. The number of rotatable bonds is 4. The van der Waals surface area contributed by atoms with Gasteiger partial charge in [0.15, 0.2) is 0 Å². The molecule has 8 heteroatoms. The number of sulfonamides is 1. The zero-order valence-electron chi connectivity index (χ0n) is 14.9. The van der Waals surface area contributed by atoms with Crippen molar-refractivity contribution in [3.63, 3.8) is 0 Å². The predicted molar refractivity (Wildman–Crippen MR) is 109 cm³/mol. The lowest BCUT2D eigenvalue weighted by Gasteiger charge is -2.23. The summed E-state index contributed by atoms with van der Waals surface area (Å²) in [4.78, 5) is 16.9. The maximum atomic E-state index is 13.2. The molecule has 1 atom stereocenters. The summed E-state index contributed by atoms with van der Waals surface area (Å²) in [6, 6.07) is 15.0. The van der Waals surface area contributed by atoms with Gasteiger partial charge in [-0.15, -0.1) is 0 Å². The summed E-state index contributed by atoms with van der Waals surface area (Å²) >= 11 is 5.80. The number of carbonyl (C=O) groups is 1. The topological polar surface area (TPSA) is 79.4 Å². The van der Waals surface area contributed by atoms with E-state index in [0.29, 0.717) is 30.2 Å². The van der Waals surface area contributed by atoms with Crippen LogP contribution in [0.2, 0.25) is 5.02 Å². The SMILES string of the molecule is O=C(Nc1ccc(Cl)cn1)[C@@H]1CCCN1S(=O)(=O)c1ccc2ccccc2c1. The summed E-state index contributed by atoms with van der Waals surface area (Å²) in [6.45, 7) is 0.307. The monoisotopic (exact) mass is 415 g/mol. The fourth-order valence-electron chi connectivity index (χ4n) is 3.41. The molecule has 1 aliphatic heterocycles. The lowest BCUT2D eigenvalue weighted by atomic mass is 10.1. The molecule has 144 valence electrons. The van der Waals surface area contributed by atoms with E-state index in [4.69, 9.17) is 11.6 Å². The standard InChI is InChI=1S/C20H18ClN3O3S/c21-16-8-10-19(22-13-16)23-20(25)18-6-3-11-24(18)28(26,27)17-9-7-14-4-1-2-5-15(14)12-17/h1-2,4-5,7-10,12-13,18H,3,6,11H2,(H,22,23,25)/t18-/m0/s1. The van der Waals surface area contributed by atoms with E-state index in [9.17, 15) is 13.2 Å². The number of halogens is 1. The second-order valence-electron chi connectivity index (χ2n) is 6.63. The number of hydrogen-bond acceptors (Lipinski definition) is 4. The van der Waals surface area contributed by atoms with Gasteiger partial charge in [0, 0.05) is 12.7 Å². The van der Waals surface area contributed by atoms with E-state index < -0.39 is 22.0 Å². The normalized spacial score (nSPS) is 17.7. The number of anilines is 1. The van der Waals surface area contributed by atoms with Crippen molar-refractivity contribution >= 4 is 44.1 Å². The molecule has 0 unspecified atom stereocenters. The lowest BCUT2D eigenvalue weighted by Crippen LogP contribution is -2.43. The van der Waals surface area contributed by atoms with Gasteiger partial charge < -0.3 is 5.32 Å². The van der Waals surface area contributed by atoms with Crippen molar-refractivity contribution in [1.29, 1.82) is 0 Å². The number of amides is 1. The number of nitrogens with one attached hydrogen (secondary N) is 1. The van der Waals surface area contributed by atoms with Gasteiger partial charge in [0.1, 0.15) is 11.9 Å². The third kappa shape index (κ3) is 3.61. The first-order valence-electron chi connectivity index (χ1n) is 8.88. The molecule has 1 N–H and O–H groups in total. The van der Waals surface area contributed by atoms with Crippen molar-refractivity contribution in [2.75, 3.05) is 11.9 Å². The van der Waals surface area contributed by atoms with Crippen LogP contribution in [0.4, 0.5) is 5.82 Å². The molecule has 1 saturated heterocycles. The quantitative estimate of drug-likeness (QED) is 0.704. The van der Waals surface area contributed by atoms with Crippen LogP contribution in [0.3, 0.4) is 0 Å². The van der Waals surface area contributed by atoms with Gasteiger partial charge >= 0.3 is 0 Å². The van der Waals surface area contributed by atoms with Crippen LogP contribution in [0.15, 0.2) is 65.7 Å². The van der Waals surface area contributed by atoms with Crippen molar-refractivity contribution in [3.8, 4) is 0 Å². The summed E-state index contributed by atoms with van der Waals surface area (Å²) < 4.78 is 27.7. The number of benzene rings is 2. The number of pyridine rings is 1. The Morgan fingerprint density at radius 2 is 1.89 bits per heavy atom. The minimum atomic E-state index is -3.79. The highest BCUT2D eigenvalue weighted by molar-refractivity contribution is 7.89. The zero-order valence-corrected chi connectivity index (χ0v) is 16.4. The fraction of sp³-hybridized carbons (Fsp3) is 0.200. The van der Waals surface area contributed by atoms with Gasteiger partial charge in [-0.1, -0.05) is 41.9 Å². The molecule has 0 bridgehead atoms. The number of fused-ring (bicyclic) bond motifs is 1. The van der Waals surface area contributed by atoms with Crippen LogP contribution < -0.4 is 5.32 Å². The maximum absolute atomic E-state index is 13.2. The second kappa shape index (κ2) is 7.50. The molecular weight excluding hydrogens is 398 g/mol. The molecule has 2 aromatic carbocycles. The van der Waals surface area contributed by atoms with E-state index >= 15 is 0 Å². The number of aromatic nitrogens is 1. The predicted octanol–water partition coefficient (Wildman–Crippen LogP) is 3.68. The van der Waals surface area contributed by atoms with Gasteiger partial charge in [0.05, 0.1) is 9.92 Å². The number of carbonyl (C=O) groups excluding carboxylic acids is 1. The Bertz CT molecular complexity index is 1130. The molecule has 28 heavy (non-hydrogen) atoms. The van der Waals surface area contributed by atoms with Crippen LogP contribution in [-0.2, 0) is 14.8 Å². The van der Waals surface area contributed by atoms with Gasteiger partial charge in [-0.05, 0) is 47.9 Å². The minimum Gasteiger partial charge on any atom is -0.309 e. The average molecular weight is 416 g/mol. The number of nitrogens with zero attached hydrogens (tertiary/aromatic N) is 2. The lowest BCUT2D eigenvalue weighted by molar-refractivity contribution is -0.119. The van der Waals surface area contributed by atoms with Crippen LogP contribution in [0.5, 0.6) is 0 Å². The third-order valence-corrected chi connectivity index (χ3v) is 6.94. The first-order chi connectivity index (χ1) is 13.4. The Kier molecular flexibility index (Phi) is 5.05. The fourth-order valence-corrected chi connectivity index (χ4v) is 5.22. The molecule has 1 fully saturated rings. The van der Waals surface area contributed by atoms with Crippen LogP contribution >= 0.6 is 11.6 Å². The van der Waals surface area contributed by atoms with E-state index in [0.717, 1.165) is 10.8 Å². The van der Waals surface area contributed by atoms with Gasteiger partial charge in [-0.25, -0.2) is 13.4 Å². The van der Waals surface area contributed by atoms with Crippen molar-refractivity contribution in [1.82, 2.24) is 9.29 Å². The summed E-state index contributed by atoms with van der Waals surface area (Å²) in [5.74, 6) is -0.0546. The molecule has 1 amide bonds. The first-order valence-corrected chi connectivity index (χ1v) is 10.7. The maximum Gasteiger partial charge on any atom is 0.243 e. The van der Waals surface area contributed by atoms with Crippen molar-refractivity contribution in [2.24, 2.45) is 0 Å². The van der Waals surface area contributed by atoms with Crippen LogP contribution in [0, 0.1) is 0 Å². The smallest absolute Gasteiger partial charge is 0.243 e. The highest BCUT2D eigenvalue weighted by atomic mass is 35.5. The zero-order chi connectivity index (χ0) is 19.7.